The minimum absolute atomic E-state index is 0.0204. The van der Waals surface area contributed by atoms with Gasteiger partial charge in [0.2, 0.25) is 0 Å². The fourth-order valence-electron chi connectivity index (χ4n) is 3.87. The molecule has 0 atom stereocenters. The molecule has 0 unspecified atom stereocenters. The molecule has 1 amide bonds. The monoisotopic (exact) mass is 866 g/mol. The van der Waals surface area contributed by atoms with Crippen molar-refractivity contribution in [2.45, 2.75) is 51.6 Å². The van der Waals surface area contributed by atoms with E-state index in [-0.39, 0.29) is 47.3 Å². The van der Waals surface area contributed by atoms with Crippen molar-refractivity contribution in [3.8, 4) is 23.0 Å². The highest BCUT2D eigenvalue weighted by molar-refractivity contribution is 7.53. The quantitative estimate of drug-likeness (QED) is 0.0795. The summed E-state index contributed by atoms with van der Waals surface area (Å²) in [5.41, 5.74) is -0.551. The number of thiazole rings is 1. The number of halogens is 12. The topological polar surface area (TPSA) is 132 Å². The van der Waals surface area contributed by atoms with Gasteiger partial charge in [0.15, 0.2) is 37.3 Å². The summed E-state index contributed by atoms with van der Waals surface area (Å²) in [7, 11) is -3.48. The maximum Gasteiger partial charge on any atom is 0.422 e. The van der Waals surface area contributed by atoms with E-state index >= 15 is 0 Å². The first-order valence-electron chi connectivity index (χ1n) is 15.4. The number of amides is 1. The minimum Gasteiger partial charge on any atom is -0.484 e. The predicted octanol–water partition coefficient (Wildman–Crippen LogP) is 9.82. The lowest BCUT2D eigenvalue weighted by Crippen LogP contribution is -2.22. The van der Waals surface area contributed by atoms with E-state index < -0.39 is 87.5 Å². The molecule has 1 N–H and O–H groups in total. The van der Waals surface area contributed by atoms with Gasteiger partial charge in [-0.3, -0.25) is 19.5 Å². The van der Waals surface area contributed by atoms with Crippen LogP contribution in [0, 0.1) is 0 Å². The van der Waals surface area contributed by atoms with Gasteiger partial charge in [-0.15, -0.1) is 11.3 Å². The maximum atomic E-state index is 12.7. The lowest BCUT2D eigenvalue weighted by Gasteiger charge is -2.15. The maximum absolute atomic E-state index is 12.7. The number of hydrogen-bond acceptors (Lipinski definition) is 11. The number of ketones is 1. The Balaban J connectivity index is 0.000000440. The largest absolute Gasteiger partial charge is 0.484 e. The number of carbonyl (C=O) groups is 2. The molecule has 2 aromatic carbocycles. The van der Waals surface area contributed by atoms with Gasteiger partial charge in [0, 0.05) is 5.38 Å². The lowest BCUT2D eigenvalue weighted by atomic mass is 10.1. The molecule has 0 aliphatic carbocycles. The van der Waals surface area contributed by atoms with Gasteiger partial charge in [0.1, 0.15) is 23.0 Å². The summed E-state index contributed by atoms with van der Waals surface area (Å²) >= 11 is 0.915. The van der Waals surface area contributed by atoms with Gasteiger partial charge in [0.05, 0.1) is 36.2 Å². The molecule has 3 aromatic rings. The zero-order valence-electron chi connectivity index (χ0n) is 29.0. The Morgan fingerprint density at radius 2 is 1.09 bits per heavy atom. The molecule has 25 heteroatoms. The third-order valence-corrected chi connectivity index (χ3v) is 8.71. The molecule has 0 aliphatic rings. The van der Waals surface area contributed by atoms with Gasteiger partial charge >= 0.3 is 32.3 Å². The van der Waals surface area contributed by atoms with Gasteiger partial charge in [-0.2, -0.15) is 52.7 Å². The standard InChI is InChI=1S/C19H21F6N2O6PS.C12H10F6O3/c1-3-32-34(29,33-4-2)8-12-9-35-17(26-12)27-16(28)14-7-13(30-10-18(20,21)22)5-6-15(14)31-11-19(23,24)25;1-7(19)9-4-8(20-5-11(13,14)15)2-3-10(9)21-6-12(16,17)18/h5-7,9H,3-4,8,10-11H2,1-2H3,(H,26,27,28);2-4H,5-6H2,1H3. The average molecular weight is 867 g/mol. The number of rotatable bonds is 17. The highest BCUT2D eigenvalue weighted by atomic mass is 32.1. The van der Waals surface area contributed by atoms with Crippen molar-refractivity contribution in [1.29, 1.82) is 0 Å². The zero-order valence-corrected chi connectivity index (χ0v) is 30.7. The van der Waals surface area contributed by atoms with Crippen molar-refractivity contribution >= 4 is 35.8 Å². The third kappa shape index (κ3) is 18.6. The second-order valence-electron chi connectivity index (χ2n) is 10.7. The molecule has 0 radical (unpaired) electrons. The predicted molar refractivity (Wildman–Crippen MR) is 174 cm³/mol. The SMILES string of the molecule is CC(=O)c1cc(OCC(F)(F)F)ccc1OCC(F)(F)F.CCOP(=O)(Cc1csc(NC(=O)c2cc(OCC(F)(F)F)ccc2OCC(F)(F)F)n1)OCC. The number of alkyl halides is 12. The number of aromatic nitrogens is 1. The smallest absolute Gasteiger partial charge is 0.422 e. The number of carbonyl (C=O) groups excluding carboxylic acids is 2. The van der Waals surface area contributed by atoms with Crippen molar-refractivity contribution in [2.24, 2.45) is 0 Å². The van der Waals surface area contributed by atoms with E-state index in [1.807, 2.05) is 0 Å². The number of nitrogens with zero attached hydrogens (tertiary/aromatic N) is 1. The van der Waals surface area contributed by atoms with Crippen molar-refractivity contribution in [1.82, 2.24) is 4.98 Å². The summed E-state index contributed by atoms with van der Waals surface area (Å²) in [5.74, 6) is -3.30. The summed E-state index contributed by atoms with van der Waals surface area (Å²) in [5, 5.41) is 3.77. The number of nitrogens with one attached hydrogen (secondary N) is 1. The Bertz CT molecular complexity index is 1790. The molecule has 0 spiro atoms. The molecule has 11 nitrogen and oxygen atoms in total. The number of ether oxygens (including phenoxy) is 4. The second-order valence-corrected chi connectivity index (χ2v) is 13.6. The summed E-state index contributed by atoms with van der Waals surface area (Å²) < 4.78 is 188. The van der Waals surface area contributed by atoms with Gasteiger partial charge in [-0.05, 0) is 57.2 Å². The van der Waals surface area contributed by atoms with Crippen LogP contribution in [0.15, 0.2) is 41.8 Å². The van der Waals surface area contributed by atoms with Crippen LogP contribution >= 0.6 is 18.9 Å². The van der Waals surface area contributed by atoms with Crippen LogP contribution in [0.3, 0.4) is 0 Å². The van der Waals surface area contributed by atoms with Crippen LogP contribution < -0.4 is 24.3 Å². The van der Waals surface area contributed by atoms with E-state index in [1.165, 1.54) is 5.38 Å². The molecular weight excluding hydrogens is 835 g/mol. The number of benzene rings is 2. The van der Waals surface area contributed by atoms with E-state index in [0.717, 1.165) is 54.7 Å². The third-order valence-electron chi connectivity index (χ3n) is 5.89. The Morgan fingerprint density at radius 3 is 1.50 bits per heavy atom. The van der Waals surface area contributed by atoms with Crippen LogP contribution in [0.5, 0.6) is 23.0 Å². The van der Waals surface area contributed by atoms with Crippen molar-refractivity contribution in [3.63, 3.8) is 0 Å². The highest BCUT2D eigenvalue weighted by Gasteiger charge is 2.32. The van der Waals surface area contributed by atoms with Crippen LogP contribution in [0.2, 0.25) is 0 Å². The molecule has 0 bridgehead atoms. The first-order valence-corrected chi connectivity index (χ1v) is 18.0. The van der Waals surface area contributed by atoms with Crippen LogP contribution in [-0.2, 0) is 19.8 Å². The van der Waals surface area contributed by atoms with E-state index in [2.05, 4.69) is 29.2 Å². The summed E-state index contributed by atoms with van der Waals surface area (Å²) in [6, 6.07) is 5.49. The summed E-state index contributed by atoms with van der Waals surface area (Å²) in [6.45, 7) is -2.05. The Kier molecular flexibility index (Phi) is 17.3. The van der Waals surface area contributed by atoms with E-state index in [4.69, 9.17) is 9.05 Å². The van der Waals surface area contributed by atoms with Gasteiger partial charge in [0.25, 0.3) is 5.91 Å². The Labute approximate surface area is 313 Å². The van der Waals surface area contributed by atoms with Gasteiger partial charge in [-0.1, -0.05) is 0 Å². The second kappa shape index (κ2) is 20.2. The molecule has 1 heterocycles. The lowest BCUT2D eigenvalue weighted by molar-refractivity contribution is -0.154. The van der Waals surface area contributed by atoms with E-state index in [9.17, 15) is 66.8 Å². The molecule has 0 saturated carbocycles. The zero-order chi connectivity index (χ0) is 42.5. The normalized spacial score (nSPS) is 12.3. The fraction of sp³-hybridized carbons (Fsp3) is 0.452. The molecular formula is C31H31F12N2O9PS. The van der Waals surface area contributed by atoms with Crippen molar-refractivity contribution in [3.05, 3.63) is 58.6 Å². The first kappa shape index (κ1) is 47.9. The number of anilines is 1. The summed E-state index contributed by atoms with van der Waals surface area (Å²) in [4.78, 5) is 28.1. The molecule has 0 aliphatic heterocycles. The number of hydrogen-bond donors (Lipinski definition) is 1. The van der Waals surface area contributed by atoms with E-state index in [0.29, 0.717) is 0 Å². The van der Waals surface area contributed by atoms with Crippen LogP contribution in [0.1, 0.15) is 47.2 Å². The minimum atomic E-state index is -4.72. The summed E-state index contributed by atoms with van der Waals surface area (Å²) in [6.07, 6.45) is -18.8. The first-order chi connectivity index (χ1) is 25.7. The molecule has 0 fully saturated rings. The fourth-order valence-corrected chi connectivity index (χ4v) is 6.30. The van der Waals surface area contributed by atoms with Crippen LogP contribution in [0.25, 0.3) is 0 Å². The van der Waals surface area contributed by atoms with Crippen LogP contribution in [-0.4, -0.2) is 81.0 Å². The number of Topliss-reactive ketones (excluding diaryl/α,β-unsaturated/α-hetero) is 1. The van der Waals surface area contributed by atoms with Crippen molar-refractivity contribution < 1.29 is 94.8 Å². The van der Waals surface area contributed by atoms with Crippen LogP contribution in [0.4, 0.5) is 57.8 Å². The Hall–Kier alpha value is -4.28. The molecule has 56 heavy (non-hydrogen) atoms. The van der Waals surface area contributed by atoms with E-state index in [1.54, 1.807) is 13.8 Å². The molecule has 0 saturated heterocycles. The van der Waals surface area contributed by atoms with Gasteiger partial charge < -0.3 is 28.0 Å². The molecule has 314 valence electrons. The Morgan fingerprint density at radius 1 is 0.679 bits per heavy atom. The average Bonchev–Trinajstić information content (AvgIpc) is 3.49. The molecule has 3 rings (SSSR count). The highest BCUT2D eigenvalue weighted by Crippen LogP contribution is 2.51. The molecule has 1 aromatic heterocycles. The van der Waals surface area contributed by atoms with Crippen molar-refractivity contribution in [2.75, 3.05) is 45.0 Å². The van der Waals surface area contributed by atoms with Gasteiger partial charge in [-0.25, -0.2) is 4.98 Å².